The van der Waals surface area contributed by atoms with E-state index in [0.29, 0.717) is 17.4 Å². The fraction of sp³-hybridized carbons (Fsp3) is 0.440. The fourth-order valence-corrected chi connectivity index (χ4v) is 4.55. The van der Waals surface area contributed by atoms with Gasteiger partial charge in [-0.25, -0.2) is 4.68 Å². The number of hydrogen-bond acceptors (Lipinski definition) is 6. The van der Waals surface area contributed by atoms with E-state index in [0.717, 1.165) is 29.7 Å². The van der Waals surface area contributed by atoms with E-state index in [1.54, 1.807) is 4.68 Å². The predicted molar refractivity (Wildman–Crippen MR) is 126 cm³/mol. The molecule has 2 heterocycles. The zero-order valence-electron chi connectivity index (χ0n) is 19.2. The molecule has 0 unspecified atom stereocenters. The van der Waals surface area contributed by atoms with Crippen molar-refractivity contribution in [1.29, 1.82) is 0 Å². The molecule has 3 aromatic rings. The van der Waals surface area contributed by atoms with Crippen molar-refractivity contribution in [2.24, 2.45) is 5.73 Å². The summed E-state index contributed by atoms with van der Waals surface area (Å²) in [5, 5.41) is 8.70. The maximum absolute atomic E-state index is 12.6. The number of nitrogens with zero attached hydrogens (tertiary/aromatic N) is 3. The minimum absolute atomic E-state index is 0.0107. The summed E-state index contributed by atoms with van der Waals surface area (Å²) in [6.07, 6.45) is 6.54. The Morgan fingerprint density at radius 1 is 1.12 bits per heavy atom. The maximum atomic E-state index is 12.6. The van der Waals surface area contributed by atoms with Gasteiger partial charge in [0.15, 0.2) is 0 Å². The van der Waals surface area contributed by atoms with Crippen LogP contribution in [0.1, 0.15) is 85.3 Å². The van der Waals surface area contributed by atoms with Crippen LogP contribution in [-0.2, 0) is 17.6 Å². The van der Waals surface area contributed by atoms with Crippen LogP contribution < -0.4 is 11.5 Å². The van der Waals surface area contributed by atoms with Crippen molar-refractivity contribution in [2.75, 3.05) is 5.73 Å². The molecule has 174 valence electrons. The van der Waals surface area contributed by atoms with Crippen LogP contribution in [0.4, 0.5) is 5.82 Å². The molecular weight excluding hydrogens is 418 g/mol. The molecule has 1 amide bonds. The molecule has 1 saturated carbocycles. The van der Waals surface area contributed by atoms with E-state index < -0.39 is 5.91 Å². The van der Waals surface area contributed by atoms with E-state index in [2.05, 4.69) is 10.3 Å². The average Bonchev–Trinajstić information content (AvgIpc) is 3.39. The van der Waals surface area contributed by atoms with E-state index in [-0.39, 0.29) is 36.0 Å². The van der Waals surface area contributed by atoms with E-state index in [1.807, 2.05) is 44.2 Å². The summed E-state index contributed by atoms with van der Waals surface area (Å²) in [6, 6.07) is 9.31. The van der Waals surface area contributed by atoms with Crippen molar-refractivity contribution in [1.82, 2.24) is 14.9 Å². The van der Waals surface area contributed by atoms with Gasteiger partial charge in [-0.1, -0.05) is 48.7 Å². The third-order valence-corrected chi connectivity index (χ3v) is 6.28. The molecule has 1 fully saturated rings. The van der Waals surface area contributed by atoms with Crippen LogP contribution in [0.15, 0.2) is 34.9 Å². The van der Waals surface area contributed by atoms with Crippen LogP contribution >= 0.6 is 0 Å². The molecule has 0 spiro atoms. The first kappa shape index (κ1) is 22.8. The molecule has 0 bridgehead atoms. The first-order valence-corrected chi connectivity index (χ1v) is 11.6. The second kappa shape index (κ2) is 9.60. The molecule has 1 aromatic carbocycles. The smallest absolute Gasteiger partial charge is 0.254 e. The van der Waals surface area contributed by atoms with Crippen LogP contribution in [0, 0.1) is 0 Å². The minimum atomic E-state index is -0.617. The van der Waals surface area contributed by atoms with Gasteiger partial charge < -0.3 is 16.0 Å². The van der Waals surface area contributed by atoms with Gasteiger partial charge in [0.2, 0.25) is 0 Å². The Morgan fingerprint density at radius 3 is 2.45 bits per heavy atom. The molecule has 2 aromatic heterocycles. The zero-order chi connectivity index (χ0) is 23.5. The highest BCUT2D eigenvalue weighted by Gasteiger charge is 2.23. The van der Waals surface area contributed by atoms with Crippen LogP contribution in [0.2, 0.25) is 0 Å². The average molecular weight is 450 g/mol. The number of nitrogen functional groups attached to an aromatic ring is 1. The Labute approximate surface area is 193 Å². The molecule has 1 aliphatic rings. The highest BCUT2D eigenvalue weighted by atomic mass is 16.5. The Hall–Kier alpha value is -3.42. The van der Waals surface area contributed by atoms with E-state index in [1.165, 1.54) is 19.3 Å². The first-order valence-electron chi connectivity index (χ1n) is 11.6. The molecule has 33 heavy (non-hydrogen) atoms. The number of carbonyl (C=O) groups is 2. The lowest BCUT2D eigenvalue weighted by Crippen LogP contribution is -2.15. The van der Waals surface area contributed by atoms with Gasteiger partial charge >= 0.3 is 0 Å². The maximum Gasteiger partial charge on any atom is 0.254 e. The lowest BCUT2D eigenvalue weighted by atomic mass is 9.87. The second-order valence-electron chi connectivity index (χ2n) is 9.15. The number of aromatic nitrogens is 3. The lowest BCUT2D eigenvalue weighted by Gasteiger charge is -2.18. The number of nitrogens with two attached hydrogens (primary N) is 2. The Morgan fingerprint density at radius 2 is 1.82 bits per heavy atom. The number of anilines is 1. The summed E-state index contributed by atoms with van der Waals surface area (Å²) >= 11 is 0. The summed E-state index contributed by atoms with van der Waals surface area (Å²) in [5.74, 6) is 0.773. The van der Waals surface area contributed by atoms with Gasteiger partial charge in [-0.3, -0.25) is 9.59 Å². The summed E-state index contributed by atoms with van der Waals surface area (Å²) in [5.41, 5.74) is 14.9. The molecule has 0 aliphatic heterocycles. The predicted octanol–water partition coefficient (Wildman–Crippen LogP) is 4.20. The van der Waals surface area contributed by atoms with Crippen molar-refractivity contribution in [3.63, 3.8) is 0 Å². The minimum Gasteiger partial charge on any atom is -0.383 e. The SMILES string of the molecule is CC(C)n1nc(-c2ccc(CC(=O)Cc3cc(C4CCCCC4)no3)cc2)c(C(N)=O)c1N. The third kappa shape index (κ3) is 4.99. The van der Waals surface area contributed by atoms with Gasteiger partial charge in [0, 0.05) is 30.0 Å². The molecule has 0 radical (unpaired) electrons. The largest absolute Gasteiger partial charge is 0.383 e. The topological polar surface area (TPSA) is 130 Å². The van der Waals surface area contributed by atoms with Crippen molar-refractivity contribution in [2.45, 2.75) is 70.8 Å². The summed E-state index contributed by atoms with van der Waals surface area (Å²) in [7, 11) is 0. The highest BCUT2D eigenvalue weighted by Crippen LogP contribution is 2.32. The standard InChI is InChI=1S/C25H31N5O3/c1-15(2)30-24(26)22(25(27)32)23(28-30)18-10-8-16(9-11-18)12-19(31)13-20-14-21(29-33-20)17-6-4-3-5-7-17/h8-11,14-15,17H,3-7,12-13,26H2,1-2H3,(H2,27,32). The van der Waals surface area contributed by atoms with Crippen molar-refractivity contribution < 1.29 is 14.1 Å². The molecule has 8 nitrogen and oxygen atoms in total. The van der Waals surface area contributed by atoms with Gasteiger partial charge in [-0.2, -0.15) is 5.10 Å². The van der Waals surface area contributed by atoms with Crippen LogP contribution in [-0.4, -0.2) is 26.6 Å². The molecule has 4 rings (SSSR count). The van der Waals surface area contributed by atoms with Crippen molar-refractivity contribution in [3.8, 4) is 11.3 Å². The number of amides is 1. The van der Waals surface area contributed by atoms with E-state index >= 15 is 0 Å². The van der Waals surface area contributed by atoms with E-state index in [9.17, 15) is 9.59 Å². The normalized spacial score (nSPS) is 14.6. The number of ketones is 1. The number of carbonyl (C=O) groups excluding carboxylic acids is 2. The van der Waals surface area contributed by atoms with Crippen molar-refractivity contribution >= 4 is 17.5 Å². The molecule has 0 atom stereocenters. The lowest BCUT2D eigenvalue weighted by molar-refractivity contribution is -0.118. The van der Waals surface area contributed by atoms with Crippen LogP contribution in [0.5, 0.6) is 0 Å². The number of hydrogen-bond donors (Lipinski definition) is 2. The van der Waals surface area contributed by atoms with E-state index in [4.69, 9.17) is 16.0 Å². The second-order valence-corrected chi connectivity index (χ2v) is 9.15. The fourth-order valence-electron chi connectivity index (χ4n) is 4.55. The van der Waals surface area contributed by atoms with Gasteiger partial charge in [-0.05, 0) is 32.3 Å². The van der Waals surface area contributed by atoms with Crippen molar-refractivity contribution in [3.05, 3.63) is 52.9 Å². The van der Waals surface area contributed by atoms with Gasteiger partial charge in [-0.15, -0.1) is 0 Å². The Balaban J connectivity index is 1.43. The molecule has 8 heteroatoms. The van der Waals surface area contributed by atoms with Crippen LogP contribution in [0.25, 0.3) is 11.3 Å². The molecular formula is C25H31N5O3. The van der Waals surface area contributed by atoms with Gasteiger partial charge in [0.1, 0.15) is 28.6 Å². The quantitative estimate of drug-likeness (QED) is 0.530. The number of rotatable bonds is 8. The number of primary amides is 1. The zero-order valence-corrected chi connectivity index (χ0v) is 19.2. The van der Waals surface area contributed by atoms with Gasteiger partial charge in [0.05, 0.1) is 12.1 Å². The van der Waals surface area contributed by atoms with Crippen LogP contribution in [0.3, 0.4) is 0 Å². The summed E-state index contributed by atoms with van der Waals surface area (Å²) < 4.78 is 7.02. The number of Topliss-reactive ketones (excluding diaryl/α,β-unsaturated/α-hetero) is 1. The summed E-state index contributed by atoms with van der Waals surface area (Å²) in [4.78, 5) is 24.6. The highest BCUT2D eigenvalue weighted by molar-refractivity contribution is 6.03. The number of benzene rings is 1. The molecule has 0 saturated heterocycles. The van der Waals surface area contributed by atoms with Gasteiger partial charge in [0.25, 0.3) is 5.91 Å². The summed E-state index contributed by atoms with van der Waals surface area (Å²) in [6.45, 7) is 3.86. The third-order valence-electron chi connectivity index (χ3n) is 6.28. The first-order chi connectivity index (χ1) is 15.8. The Kier molecular flexibility index (Phi) is 6.62. The monoisotopic (exact) mass is 449 g/mol. The Bertz CT molecular complexity index is 1140. The molecule has 4 N–H and O–H groups in total. The molecule has 1 aliphatic carbocycles.